The molecule has 140 valence electrons. The molecule has 3 aromatic rings. The molecule has 0 saturated carbocycles. The van der Waals surface area contributed by atoms with Crippen LogP contribution in [-0.2, 0) is 6.61 Å². The van der Waals surface area contributed by atoms with Crippen molar-refractivity contribution in [3.63, 3.8) is 0 Å². The number of rotatable bonds is 4. The Labute approximate surface area is 166 Å². The summed E-state index contributed by atoms with van der Waals surface area (Å²) in [6.07, 6.45) is 3.66. The summed E-state index contributed by atoms with van der Waals surface area (Å²) in [5.74, 6) is 0.375. The first kappa shape index (κ1) is 18.1. The van der Waals surface area contributed by atoms with Crippen LogP contribution in [0.4, 0.5) is 0 Å². The fourth-order valence-corrected chi connectivity index (χ4v) is 3.89. The maximum atomic E-state index is 11.5. The Balaban J connectivity index is 1.76. The molecule has 1 aromatic heterocycles. The lowest BCUT2D eigenvalue weighted by Crippen LogP contribution is -1.99. The van der Waals surface area contributed by atoms with Gasteiger partial charge in [0.2, 0.25) is 0 Å². The van der Waals surface area contributed by atoms with Crippen LogP contribution in [0.1, 0.15) is 27.0 Å². The second kappa shape index (κ2) is 7.78. The van der Waals surface area contributed by atoms with Crippen molar-refractivity contribution in [2.24, 2.45) is 0 Å². The summed E-state index contributed by atoms with van der Waals surface area (Å²) < 4.78 is 5.93. The number of aromatic nitrogens is 1. The number of thioether (sulfide) groups is 1. The molecule has 0 spiro atoms. The molecule has 0 amide bonds. The van der Waals surface area contributed by atoms with Gasteiger partial charge in [0.05, 0.1) is 5.56 Å². The summed E-state index contributed by atoms with van der Waals surface area (Å²) in [4.78, 5) is 15.6. The highest BCUT2D eigenvalue weighted by Crippen LogP contribution is 2.38. The zero-order chi connectivity index (χ0) is 19.5. The Morgan fingerprint density at radius 2 is 2.00 bits per heavy atom. The van der Waals surface area contributed by atoms with Crippen LogP contribution in [0.3, 0.4) is 0 Å². The SMILES string of the molecule is O=C(O)c1ccc2c(c1)C(=CCSc1ncccc1O)c1ccccc1CO2. The fraction of sp³-hybridized carbons (Fsp3) is 0.0909. The number of aromatic hydroxyl groups is 1. The van der Waals surface area contributed by atoms with Gasteiger partial charge in [0.15, 0.2) is 0 Å². The Kier molecular flexibility index (Phi) is 5.04. The van der Waals surface area contributed by atoms with Gasteiger partial charge in [-0.3, -0.25) is 0 Å². The first-order valence-corrected chi connectivity index (χ1v) is 9.68. The molecule has 5 nitrogen and oxygen atoms in total. The van der Waals surface area contributed by atoms with E-state index in [1.807, 2.05) is 30.3 Å². The first-order valence-electron chi connectivity index (χ1n) is 8.69. The van der Waals surface area contributed by atoms with Crippen LogP contribution < -0.4 is 4.74 Å². The standard InChI is InChI=1S/C22H17NO4S/c24-19-6-3-10-23-21(19)28-11-9-17-16-5-2-1-4-15(16)13-27-20-8-7-14(22(25)26)12-18(17)20/h1-10,12,24H,11,13H2,(H,25,26). The van der Waals surface area contributed by atoms with Gasteiger partial charge in [0.25, 0.3) is 0 Å². The number of aromatic carboxylic acids is 1. The van der Waals surface area contributed by atoms with Gasteiger partial charge in [-0.15, -0.1) is 0 Å². The highest BCUT2D eigenvalue weighted by atomic mass is 32.2. The second-order valence-corrected chi connectivity index (χ2v) is 7.23. The number of nitrogens with zero attached hydrogens (tertiary/aromatic N) is 1. The van der Waals surface area contributed by atoms with Crippen LogP contribution in [0, 0.1) is 0 Å². The number of carbonyl (C=O) groups is 1. The molecular formula is C22H17NO4S. The lowest BCUT2D eigenvalue weighted by Gasteiger charge is -2.11. The van der Waals surface area contributed by atoms with Crippen molar-refractivity contribution in [1.29, 1.82) is 0 Å². The van der Waals surface area contributed by atoms with Gasteiger partial charge in [0, 0.05) is 17.5 Å². The second-order valence-electron chi connectivity index (χ2n) is 6.22. The lowest BCUT2D eigenvalue weighted by atomic mass is 9.93. The van der Waals surface area contributed by atoms with Gasteiger partial charge in [-0.05, 0) is 47.0 Å². The number of carboxylic acid groups (broad SMARTS) is 1. The van der Waals surface area contributed by atoms with Gasteiger partial charge < -0.3 is 14.9 Å². The molecule has 6 heteroatoms. The summed E-state index contributed by atoms with van der Waals surface area (Å²) in [5.41, 5.74) is 3.91. The number of fused-ring (bicyclic) bond motifs is 2. The fourth-order valence-electron chi connectivity index (χ4n) is 3.13. The summed E-state index contributed by atoms with van der Waals surface area (Å²) >= 11 is 1.41. The molecule has 2 heterocycles. The minimum absolute atomic E-state index is 0.143. The Hall–Kier alpha value is -3.25. The van der Waals surface area contributed by atoms with E-state index in [1.54, 1.807) is 36.5 Å². The summed E-state index contributed by atoms with van der Waals surface area (Å²) in [7, 11) is 0. The van der Waals surface area contributed by atoms with E-state index >= 15 is 0 Å². The van der Waals surface area contributed by atoms with Gasteiger partial charge in [-0.2, -0.15) is 0 Å². The van der Waals surface area contributed by atoms with E-state index in [4.69, 9.17) is 4.74 Å². The van der Waals surface area contributed by atoms with Crippen LogP contribution in [0.25, 0.3) is 5.57 Å². The average molecular weight is 391 g/mol. The van der Waals surface area contributed by atoms with Crippen LogP contribution in [-0.4, -0.2) is 26.9 Å². The predicted octanol–water partition coefficient (Wildman–Crippen LogP) is 4.60. The third-order valence-electron chi connectivity index (χ3n) is 4.47. The minimum atomic E-state index is -0.979. The smallest absolute Gasteiger partial charge is 0.335 e. The Bertz CT molecular complexity index is 1080. The Morgan fingerprint density at radius 1 is 1.14 bits per heavy atom. The molecule has 0 radical (unpaired) electrons. The van der Waals surface area contributed by atoms with Crippen molar-refractivity contribution in [3.8, 4) is 11.5 Å². The highest BCUT2D eigenvalue weighted by Gasteiger charge is 2.20. The maximum absolute atomic E-state index is 11.5. The van der Waals surface area contributed by atoms with E-state index in [0.717, 1.165) is 22.3 Å². The van der Waals surface area contributed by atoms with Gasteiger partial charge in [-0.1, -0.05) is 42.1 Å². The van der Waals surface area contributed by atoms with Crippen molar-refractivity contribution in [1.82, 2.24) is 4.98 Å². The number of carboxylic acids is 1. The lowest BCUT2D eigenvalue weighted by molar-refractivity contribution is 0.0697. The van der Waals surface area contributed by atoms with E-state index in [9.17, 15) is 15.0 Å². The average Bonchev–Trinajstić information content (AvgIpc) is 2.86. The van der Waals surface area contributed by atoms with Crippen LogP contribution in [0.2, 0.25) is 0 Å². The monoisotopic (exact) mass is 391 g/mol. The number of ether oxygens (including phenoxy) is 1. The third kappa shape index (κ3) is 3.59. The molecule has 0 aliphatic carbocycles. The zero-order valence-corrected chi connectivity index (χ0v) is 15.6. The maximum Gasteiger partial charge on any atom is 0.335 e. The van der Waals surface area contributed by atoms with E-state index in [2.05, 4.69) is 4.98 Å². The third-order valence-corrected chi connectivity index (χ3v) is 5.39. The number of pyridine rings is 1. The van der Waals surface area contributed by atoms with Crippen LogP contribution in [0.15, 0.2) is 71.9 Å². The summed E-state index contributed by atoms with van der Waals surface area (Å²) in [6.45, 7) is 0.418. The predicted molar refractivity (Wildman–Crippen MR) is 108 cm³/mol. The summed E-state index contributed by atoms with van der Waals surface area (Å²) in [5, 5.41) is 19.9. The molecule has 0 bridgehead atoms. The molecule has 1 aliphatic heterocycles. The van der Waals surface area contributed by atoms with Crippen molar-refractivity contribution < 1.29 is 19.7 Å². The molecule has 0 fully saturated rings. The molecule has 28 heavy (non-hydrogen) atoms. The van der Waals surface area contributed by atoms with Gasteiger partial charge in [-0.25, -0.2) is 9.78 Å². The molecular weight excluding hydrogens is 374 g/mol. The molecule has 0 saturated heterocycles. The van der Waals surface area contributed by atoms with Crippen molar-refractivity contribution in [2.75, 3.05) is 5.75 Å². The van der Waals surface area contributed by atoms with Crippen LogP contribution >= 0.6 is 11.8 Å². The number of benzene rings is 2. The number of hydrogen-bond acceptors (Lipinski definition) is 5. The normalized spacial score (nSPS) is 13.9. The molecule has 2 aromatic carbocycles. The van der Waals surface area contributed by atoms with Gasteiger partial charge >= 0.3 is 5.97 Å². The van der Waals surface area contributed by atoms with E-state index < -0.39 is 5.97 Å². The van der Waals surface area contributed by atoms with E-state index in [1.165, 1.54) is 11.8 Å². The molecule has 1 aliphatic rings. The topological polar surface area (TPSA) is 79.7 Å². The molecule has 0 atom stereocenters. The molecule has 0 unspecified atom stereocenters. The largest absolute Gasteiger partial charge is 0.505 e. The minimum Gasteiger partial charge on any atom is -0.505 e. The van der Waals surface area contributed by atoms with E-state index in [-0.39, 0.29) is 11.3 Å². The first-order chi connectivity index (χ1) is 13.6. The van der Waals surface area contributed by atoms with Crippen molar-refractivity contribution >= 4 is 23.3 Å². The van der Waals surface area contributed by atoms with E-state index in [0.29, 0.717) is 23.1 Å². The zero-order valence-electron chi connectivity index (χ0n) is 14.8. The highest BCUT2D eigenvalue weighted by molar-refractivity contribution is 7.99. The van der Waals surface area contributed by atoms with Crippen LogP contribution in [0.5, 0.6) is 11.5 Å². The molecule has 2 N–H and O–H groups in total. The number of hydrogen-bond donors (Lipinski definition) is 2. The summed E-state index contributed by atoms with van der Waals surface area (Å²) in [6, 6.07) is 16.1. The van der Waals surface area contributed by atoms with Crippen molar-refractivity contribution in [3.05, 3.63) is 89.1 Å². The van der Waals surface area contributed by atoms with Gasteiger partial charge in [0.1, 0.15) is 23.1 Å². The molecule has 4 rings (SSSR count). The van der Waals surface area contributed by atoms with Crippen molar-refractivity contribution in [2.45, 2.75) is 11.6 Å². The Morgan fingerprint density at radius 3 is 2.82 bits per heavy atom. The quantitative estimate of drug-likeness (QED) is 0.633.